The highest BCUT2D eigenvalue weighted by molar-refractivity contribution is 6.31. The van der Waals surface area contributed by atoms with E-state index in [0.29, 0.717) is 18.8 Å². The van der Waals surface area contributed by atoms with Gasteiger partial charge in [-0.1, -0.05) is 11.6 Å². The van der Waals surface area contributed by atoms with Crippen molar-refractivity contribution in [3.63, 3.8) is 0 Å². The Morgan fingerprint density at radius 1 is 1.10 bits per heavy atom. The van der Waals surface area contributed by atoms with Crippen LogP contribution in [0.2, 0.25) is 5.02 Å². The number of carbonyl (C=O) groups excluding carboxylic acids is 1. The molecule has 0 unspecified atom stereocenters. The first-order chi connectivity index (χ1) is 13.7. The van der Waals surface area contributed by atoms with Crippen LogP contribution in [-0.2, 0) is 6.18 Å². The predicted molar refractivity (Wildman–Crippen MR) is 107 cm³/mol. The van der Waals surface area contributed by atoms with Crippen molar-refractivity contribution in [2.24, 2.45) is 0 Å². The summed E-state index contributed by atoms with van der Waals surface area (Å²) in [6.45, 7) is 2.82. The molecule has 29 heavy (non-hydrogen) atoms. The van der Waals surface area contributed by atoms with Crippen LogP contribution in [0.1, 0.15) is 15.9 Å². The molecule has 0 aliphatic carbocycles. The highest BCUT2D eigenvalue weighted by Crippen LogP contribution is 2.38. The number of hydrogen-bond acceptors (Lipinski definition) is 4. The number of likely N-dealkylation sites (N-methyl/N-ethyl adjacent to an activating group) is 1. The molecule has 2 aromatic rings. The van der Waals surface area contributed by atoms with E-state index in [-0.39, 0.29) is 22.0 Å². The van der Waals surface area contributed by atoms with E-state index >= 15 is 0 Å². The number of halogens is 4. The van der Waals surface area contributed by atoms with Gasteiger partial charge < -0.3 is 19.9 Å². The van der Waals surface area contributed by atoms with E-state index in [4.69, 9.17) is 16.3 Å². The van der Waals surface area contributed by atoms with Crippen molar-refractivity contribution >= 4 is 28.9 Å². The van der Waals surface area contributed by atoms with Gasteiger partial charge in [0.2, 0.25) is 0 Å². The first-order valence-electron chi connectivity index (χ1n) is 8.98. The summed E-state index contributed by atoms with van der Waals surface area (Å²) in [5, 5.41) is 2.62. The molecule has 1 aliphatic heterocycles. The highest BCUT2D eigenvalue weighted by atomic mass is 35.5. The minimum Gasteiger partial charge on any atom is -0.496 e. The average Bonchev–Trinajstić information content (AvgIpc) is 2.68. The van der Waals surface area contributed by atoms with Crippen LogP contribution in [0.25, 0.3) is 0 Å². The van der Waals surface area contributed by atoms with Crippen molar-refractivity contribution in [2.45, 2.75) is 6.18 Å². The molecule has 2 aromatic carbocycles. The second kappa shape index (κ2) is 8.51. The summed E-state index contributed by atoms with van der Waals surface area (Å²) in [4.78, 5) is 16.6. The Kier molecular flexibility index (Phi) is 6.24. The van der Waals surface area contributed by atoms with Crippen molar-refractivity contribution in [3.05, 3.63) is 52.5 Å². The van der Waals surface area contributed by atoms with Crippen LogP contribution in [0.4, 0.5) is 24.5 Å². The smallest absolute Gasteiger partial charge is 0.418 e. The third kappa shape index (κ3) is 4.94. The lowest BCUT2D eigenvalue weighted by Gasteiger charge is -2.34. The Morgan fingerprint density at radius 3 is 2.41 bits per heavy atom. The first kappa shape index (κ1) is 21.3. The topological polar surface area (TPSA) is 44.8 Å². The van der Waals surface area contributed by atoms with E-state index < -0.39 is 17.6 Å². The number of nitrogens with zero attached hydrogens (tertiary/aromatic N) is 2. The van der Waals surface area contributed by atoms with E-state index in [0.717, 1.165) is 19.2 Å². The average molecular weight is 428 g/mol. The number of methoxy groups -OCH3 is 1. The second-order valence-corrected chi connectivity index (χ2v) is 7.25. The van der Waals surface area contributed by atoms with Gasteiger partial charge in [-0.2, -0.15) is 13.2 Å². The Balaban J connectivity index is 1.91. The van der Waals surface area contributed by atoms with E-state index in [1.54, 1.807) is 6.07 Å². The fourth-order valence-corrected chi connectivity index (χ4v) is 3.36. The predicted octanol–water partition coefficient (Wildman–Crippen LogP) is 4.37. The number of anilines is 2. The molecule has 1 saturated heterocycles. The quantitative estimate of drug-likeness (QED) is 0.787. The molecule has 0 aromatic heterocycles. The van der Waals surface area contributed by atoms with Crippen LogP contribution >= 0.6 is 11.6 Å². The molecule has 0 radical (unpaired) electrons. The third-order valence-corrected chi connectivity index (χ3v) is 5.07. The van der Waals surface area contributed by atoms with E-state index in [1.807, 2.05) is 11.9 Å². The van der Waals surface area contributed by atoms with E-state index in [1.165, 1.54) is 31.4 Å². The molecule has 0 bridgehead atoms. The molecule has 156 valence electrons. The normalized spacial score (nSPS) is 15.3. The number of nitrogens with one attached hydrogen (secondary N) is 1. The van der Waals surface area contributed by atoms with Gasteiger partial charge in [-0.15, -0.1) is 0 Å². The van der Waals surface area contributed by atoms with E-state index in [9.17, 15) is 18.0 Å². The minimum absolute atomic E-state index is 0.0521. The lowest BCUT2D eigenvalue weighted by molar-refractivity contribution is -0.136. The zero-order chi connectivity index (χ0) is 21.2. The molecule has 3 rings (SSSR count). The Morgan fingerprint density at radius 2 is 1.79 bits per heavy atom. The van der Waals surface area contributed by atoms with Crippen molar-refractivity contribution in [1.29, 1.82) is 0 Å². The zero-order valence-electron chi connectivity index (χ0n) is 16.0. The Hall–Kier alpha value is -2.45. The molecular weight excluding hydrogens is 407 g/mol. The number of amides is 1. The van der Waals surface area contributed by atoms with Gasteiger partial charge in [-0.25, -0.2) is 0 Å². The van der Waals surface area contributed by atoms with Crippen LogP contribution in [0.15, 0.2) is 36.4 Å². The minimum atomic E-state index is -4.62. The maximum absolute atomic E-state index is 13.7. The molecule has 0 spiro atoms. The third-order valence-electron chi connectivity index (χ3n) is 4.83. The van der Waals surface area contributed by atoms with Crippen LogP contribution in [0, 0.1) is 0 Å². The summed E-state index contributed by atoms with van der Waals surface area (Å²) >= 11 is 5.92. The molecular formula is C20H21ClF3N3O2. The largest absolute Gasteiger partial charge is 0.496 e. The van der Waals surface area contributed by atoms with Crippen molar-refractivity contribution < 1.29 is 22.7 Å². The molecule has 9 heteroatoms. The van der Waals surface area contributed by atoms with Crippen molar-refractivity contribution in [3.8, 4) is 5.75 Å². The molecule has 1 heterocycles. The summed E-state index contributed by atoms with van der Waals surface area (Å²) in [6, 6.07) is 8.32. The number of alkyl halides is 3. The number of carbonyl (C=O) groups is 1. The Labute approximate surface area is 172 Å². The lowest BCUT2D eigenvalue weighted by Crippen LogP contribution is -2.44. The van der Waals surface area contributed by atoms with Crippen molar-refractivity contribution in [1.82, 2.24) is 4.90 Å². The van der Waals surface area contributed by atoms with Crippen LogP contribution in [-0.4, -0.2) is 51.1 Å². The molecule has 5 nitrogen and oxygen atoms in total. The number of piperazine rings is 1. The highest BCUT2D eigenvalue weighted by Gasteiger charge is 2.35. The van der Waals surface area contributed by atoms with Gasteiger partial charge in [0.25, 0.3) is 5.91 Å². The molecule has 1 aliphatic rings. The summed E-state index contributed by atoms with van der Waals surface area (Å²) in [7, 11) is 3.34. The van der Waals surface area contributed by atoms with Gasteiger partial charge >= 0.3 is 6.18 Å². The first-order valence-corrected chi connectivity index (χ1v) is 9.36. The maximum Gasteiger partial charge on any atom is 0.418 e. The fraction of sp³-hybridized carbons (Fsp3) is 0.350. The molecule has 1 amide bonds. The fourth-order valence-electron chi connectivity index (χ4n) is 3.18. The zero-order valence-corrected chi connectivity index (χ0v) is 16.8. The van der Waals surface area contributed by atoms with Gasteiger partial charge in [0, 0.05) is 36.9 Å². The monoisotopic (exact) mass is 427 g/mol. The molecule has 1 fully saturated rings. The van der Waals surface area contributed by atoms with E-state index in [2.05, 4.69) is 10.2 Å². The van der Waals surface area contributed by atoms with Crippen LogP contribution in [0.3, 0.4) is 0 Å². The lowest BCUT2D eigenvalue weighted by atomic mass is 10.1. The summed E-state index contributed by atoms with van der Waals surface area (Å²) in [6.07, 6.45) is -4.62. The maximum atomic E-state index is 13.7. The number of ether oxygens (including phenoxy) is 1. The molecule has 0 saturated carbocycles. The summed E-state index contributed by atoms with van der Waals surface area (Å²) in [5.41, 5.74) is -0.689. The summed E-state index contributed by atoms with van der Waals surface area (Å²) in [5.74, 6) is -0.517. The van der Waals surface area contributed by atoms with Gasteiger partial charge in [-0.3, -0.25) is 4.79 Å². The summed E-state index contributed by atoms with van der Waals surface area (Å²) < 4.78 is 46.2. The molecule has 1 N–H and O–H groups in total. The number of benzene rings is 2. The van der Waals surface area contributed by atoms with Gasteiger partial charge in [0.05, 0.1) is 23.9 Å². The standard InChI is InChI=1S/C20H21ClF3N3O2/c1-26-7-9-27(10-8-26)14-4-5-17(16(12-14)20(22,23)24)25-19(28)15-11-13(21)3-6-18(15)29-2/h3-6,11-12H,7-10H2,1-2H3,(H,25,28). The Bertz CT molecular complexity index is 897. The van der Waals surface area contributed by atoms with Crippen molar-refractivity contribution in [2.75, 3.05) is 50.6 Å². The van der Waals surface area contributed by atoms with Gasteiger partial charge in [0.1, 0.15) is 5.75 Å². The number of hydrogen-bond donors (Lipinski definition) is 1. The van der Waals surface area contributed by atoms with Crippen LogP contribution < -0.4 is 15.0 Å². The number of rotatable bonds is 4. The molecule has 0 atom stereocenters. The van der Waals surface area contributed by atoms with Crippen LogP contribution in [0.5, 0.6) is 5.75 Å². The second-order valence-electron chi connectivity index (χ2n) is 6.82. The SMILES string of the molecule is COc1ccc(Cl)cc1C(=O)Nc1ccc(N2CCN(C)CC2)cc1C(F)(F)F. The van der Waals surface area contributed by atoms with Gasteiger partial charge in [0.15, 0.2) is 0 Å². The van der Waals surface area contributed by atoms with Gasteiger partial charge in [-0.05, 0) is 43.4 Å².